The van der Waals surface area contributed by atoms with Gasteiger partial charge in [0.15, 0.2) is 0 Å². The molecule has 1 aliphatic rings. The van der Waals surface area contributed by atoms with Crippen molar-refractivity contribution in [1.82, 2.24) is 9.62 Å². The second kappa shape index (κ2) is 8.72. The normalized spacial score (nSPS) is 17.0. The number of benzene rings is 1. The maximum absolute atomic E-state index is 12.5. The topological polar surface area (TPSA) is 58.6 Å². The van der Waals surface area contributed by atoms with Gasteiger partial charge in [-0.05, 0) is 51.0 Å². The highest BCUT2D eigenvalue weighted by Crippen LogP contribution is 2.23. The summed E-state index contributed by atoms with van der Waals surface area (Å²) in [5, 5.41) is 0. The van der Waals surface area contributed by atoms with Gasteiger partial charge in [0.2, 0.25) is 10.0 Å². The summed E-state index contributed by atoms with van der Waals surface area (Å²) in [5.41, 5.74) is 0. The molecule has 126 valence electrons. The number of hydrogen-bond donors (Lipinski definition) is 1. The smallest absolute Gasteiger partial charge is 0.244 e. The van der Waals surface area contributed by atoms with Crippen molar-refractivity contribution in [2.75, 3.05) is 26.7 Å². The summed E-state index contributed by atoms with van der Waals surface area (Å²) in [6, 6.07) is 6.72. The second-order valence-corrected chi connectivity index (χ2v) is 7.07. The molecule has 1 aromatic rings. The minimum absolute atomic E-state index is 0. The van der Waals surface area contributed by atoms with Gasteiger partial charge >= 0.3 is 0 Å². The maximum Gasteiger partial charge on any atom is 0.244 e. The zero-order valence-corrected chi connectivity index (χ0v) is 14.8. The average molecular weight is 349 g/mol. The van der Waals surface area contributed by atoms with E-state index in [0.717, 1.165) is 38.9 Å². The zero-order chi connectivity index (χ0) is 15.3. The lowest BCUT2D eigenvalue weighted by atomic mass is 10.1. The van der Waals surface area contributed by atoms with E-state index in [2.05, 4.69) is 16.5 Å². The highest BCUT2D eigenvalue weighted by atomic mass is 35.5. The first kappa shape index (κ1) is 19.2. The molecule has 1 heterocycles. The van der Waals surface area contributed by atoms with Crippen LogP contribution in [-0.4, -0.2) is 46.1 Å². The molecule has 0 bridgehead atoms. The van der Waals surface area contributed by atoms with E-state index in [1.807, 2.05) is 0 Å². The SMILES string of the molecule is CCCN1CCC(NS(=O)(=O)c2ccccc2OC)CC1.Cl. The third-order valence-electron chi connectivity index (χ3n) is 3.81. The summed E-state index contributed by atoms with van der Waals surface area (Å²) in [5.74, 6) is 0.383. The van der Waals surface area contributed by atoms with Crippen LogP contribution in [-0.2, 0) is 10.0 Å². The molecule has 22 heavy (non-hydrogen) atoms. The Morgan fingerprint density at radius 3 is 2.50 bits per heavy atom. The molecule has 0 radical (unpaired) electrons. The van der Waals surface area contributed by atoms with Crippen molar-refractivity contribution in [3.05, 3.63) is 24.3 Å². The van der Waals surface area contributed by atoms with Crippen LogP contribution in [0.15, 0.2) is 29.2 Å². The van der Waals surface area contributed by atoms with Crippen LogP contribution in [0.25, 0.3) is 0 Å². The first-order valence-electron chi connectivity index (χ1n) is 7.44. The van der Waals surface area contributed by atoms with Crippen LogP contribution >= 0.6 is 12.4 Å². The number of halogens is 1. The molecule has 1 fully saturated rings. The van der Waals surface area contributed by atoms with Gasteiger partial charge in [0.05, 0.1) is 7.11 Å². The molecule has 0 atom stereocenters. The van der Waals surface area contributed by atoms with E-state index in [4.69, 9.17) is 4.74 Å². The van der Waals surface area contributed by atoms with E-state index in [9.17, 15) is 8.42 Å². The lowest BCUT2D eigenvalue weighted by Crippen LogP contribution is -2.44. The Kier molecular flexibility index (Phi) is 7.62. The Bertz CT molecular complexity index is 558. The van der Waals surface area contributed by atoms with Crippen LogP contribution in [0.1, 0.15) is 26.2 Å². The van der Waals surface area contributed by atoms with Gasteiger partial charge in [-0.15, -0.1) is 12.4 Å². The van der Waals surface area contributed by atoms with Gasteiger partial charge in [-0.2, -0.15) is 0 Å². The fourth-order valence-electron chi connectivity index (χ4n) is 2.71. The van der Waals surface area contributed by atoms with Crippen molar-refractivity contribution in [2.24, 2.45) is 0 Å². The first-order valence-corrected chi connectivity index (χ1v) is 8.93. The quantitative estimate of drug-likeness (QED) is 0.856. The van der Waals surface area contributed by atoms with Gasteiger partial charge in [0.25, 0.3) is 0 Å². The molecule has 0 amide bonds. The number of nitrogens with one attached hydrogen (secondary N) is 1. The Hall–Kier alpha value is -0.820. The van der Waals surface area contributed by atoms with Gasteiger partial charge in [0.1, 0.15) is 10.6 Å². The van der Waals surface area contributed by atoms with E-state index in [0.29, 0.717) is 5.75 Å². The number of likely N-dealkylation sites (tertiary alicyclic amines) is 1. The Morgan fingerprint density at radius 1 is 1.27 bits per heavy atom. The monoisotopic (exact) mass is 348 g/mol. The number of para-hydroxylation sites is 1. The molecule has 1 N–H and O–H groups in total. The minimum atomic E-state index is -3.53. The Morgan fingerprint density at radius 2 is 1.91 bits per heavy atom. The number of nitrogens with zero attached hydrogens (tertiary/aromatic N) is 1. The average Bonchev–Trinajstić information content (AvgIpc) is 2.49. The summed E-state index contributed by atoms with van der Waals surface area (Å²) < 4.78 is 32.9. The van der Waals surface area contributed by atoms with E-state index < -0.39 is 10.0 Å². The summed E-state index contributed by atoms with van der Waals surface area (Å²) >= 11 is 0. The Balaban J connectivity index is 0.00000242. The number of rotatable bonds is 6. The van der Waals surface area contributed by atoms with Crippen molar-refractivity contribution in [1.29, 1.82) is 0 Å². The minimum Gasteiger partial charge on any atom is -0.495 e. The van der Waals surface area contributed by atoms with Gasteiger partial charge < -0.3 is 9.64 Å². The lowest BCUT2D eigenvalue weighted by Gasteiger charge is -2.31. The molecule has 2 rings (SSSR count). The van der Waals surface area contributed by atoms with Crippen LogP contribution in [0.3, 0.4) is 0 Å². The van der Waals surface area contributed by atoms with Crippen molar-refractivity contribution >= 4 is 22.4 Å². The molecule has 0 spiro atoms. The first-order chi connectivity index (χ1) is 10.1. The summed E-state index contributed by atoms with van der Waals surface area (Å²) in [6.07, 6.45) is 2.85. The summed E-state index contributed by atoms with van der Waals surface area (Å²) in [4.78, 5) is 2.59. The molecule has 0 unspecified atom stereocenters. The third kappa shape index (κ3) is 4.84. The van der Waals surface area contributed by atoms with Crippen LogP contribution in [0, 0.1) is 0 Å². The highest BCUT2D eigenvalue weighted by molar-refractivity contribution is 7.89. The molecule has 1 aromatic carbocycles. The third-order valence-corrected chi connectivity index (χ3v) is 5.37. The fraction of sp³-hybridized carbons (Fsp3) is 0.600. The summed E-state index contributed by atoms with van der Waals surface area (Å²) in [6.45, 7) is 5.16. The van der Waals surface area contributed by atoms with Crippen LogP contribution in [0.2, 0.25) is 0 Å². The maximum atomic E-state index is 12.5. The predicted molar refractivity (Wildman–Crippen MR) is 90.3 cm³/mol. The van der Waals surface area contributed by atoms with Crippen LogP contribution < -0.4 is 9.46 Å². The number of methoxy groups -OCH3 is 1. The molecule has 1 aliphatic heterocycles. The van der Waals surface area contributed by atoms with E-state index in [-0.39, 0.29) is 23.3 Å². The number of sulfonamides is 1. The van der Waals surface area contributed by atoms with E-state index >= 15 is 0 Å². The zero-order valence-electron chi connectivity index (χ0n) is 13.1. The van der Waals surface area contributed by atoms with Crippen molar-refractivity contribution in [3.8, 4) is 5.75 Å². The number of piperidine rings is 1. The molecule has 0 aromatic heterocycles. The molecule has 7 heteroatoms. The number of ether oxygens (including phenoxy) is 1. The van der Waals surface area contributed by atoms with Crippen molar-refractivity contribution in [2.45, 2.75) is 37.1 Å². The standard InChI is InChI=1S/C15H24N2O3S.ClH/c1-3-10-17-11-8-13(9-12-17)16-21(18,19)15-7-5-4-6-14(15)20-2;/h4-7,13,16H,3,8-12H2,1-2H3;1H. The molecule has 5 nitrogen and oxygen atoms in total. The van der Waals surface area contributed by atoms with Gasteiger partial charge in [0, 0.05) is 6.04 Å². The molecular weight excluding hydrogens is 324 g/mol. The lowest BCUT2D eigenvalue weighted by molar-refractivity contribution is 0.208. The Labute approximate surface area is 139 Å². The van der Waals surface area contributed by atoms with Crippen molar-refractivity contribution in [3.63, 3.8) is 0 Å². The second-order valence-electron chi connectivity index (χ2n) is 5.39. The largest absolute Gasteiger partial charge is 0.495 e. The summed E-state index contributed by atoms with van der Waals surface area (Å²) in [7, 11) is -2.04. The fourth-order valence-corrected chi connectivity index (χ4v) is 4.19. The molecule has 1 saturated heterocycles. The van der Waals surface area contributed by atoms with Crippen LogP contribution in [0.5, 0.6) is 5.75 Å². The highest BCUT2D eigenvalue weighted by Gasteiger charge is 2.26. The predicted octanol–water partition coefficient (Wildman–Crippen LogP) is 2.27. The molecular formula is C15H25ClN2O3S. The van der Waals surface area contributed by atoms with Gasteiger partial charge in [-0.1, -0.05) is 19.1 Å². The van der Waals surface area contributed by atoms with Crippen molar-refractivity contribution < 1.29 is 13.2 Å². The van der Waals surface area contributed by atoms with E-state index in [1.54, 1.807) is 24.3 Å². The van der Waals surface area contributed by atoms with E-state index in [1.165, 1.54) is 7.11 Å². The van der Waals surface area contributed by atoms with Gasteiger partial charge in [-0.3, -0.25) is 0 Å². The van der Waals surface area contributed by atoms with Gasteiger partial charge in [-0.25, -0.2) is 13.1 Å². The van der Waals surface area contributed by atoms with Crippen LogP contribution in [0.4, 0.5) is 0 Å². The molecule has 0 saturated carbocycles. The number of hydrogen-bond acceptors (Lipinski definition) is 4. The molecule has 0 aliphatic carbocycles.